The smallest absolute Gasteiger partial charge is 0.282 e. The maximum Gasteiger partial charge on any atom is 0.295 e. The number of benzene rings is 2. The fourth-order valence-corrected chi connectivity index (χ4v) is 2.49. The normalized spacial score (nSPS) is 11.9. The number of fused-ring (bicyclic) bond motifs is 1. The van der Waals surface area contributed by atoms with Crippen molar-refractivity contribution in [2.24, 2.45) is 0 Å². The van der Waals surface area contributed by atoms with Gasteiger partial charge in [0.05, 0.1) is 0 Å². The number of aryl methyl sites for hydroxylation is 1. The van der Waals surface area contributed by atoms with Gasteiger partial charge in [-0.05, 0) is 23.9 Å². The number of rotatable bonds is 1. The van der Waals surface area contributed by atoms with Crippen LogP contribution in [-0.4, -0.2) is 13.0 Å². The van der Waals surface area contributed by atoms with Crippen molar-refractivity contribution in [3.8, 4) is 0 Å². The van der Waals surface area contributed by atoms with Gasteiger partial charge < -0.3 is 0 Å². The summed E-state index contributed by atoms with van der Waals surface area (Å²) in [6.45, 7) is 1.82. The molecule has 0 aliphatic rings. The zero-order chi connectivity index (χ0) is 11.1. The van der Waals surface area contributed by atoms with E-state index < -0.39 is 10.1 Å². The molecule has 0 spiro atoms. The standard InChI is InChI=1S/C11H10O3S/c1-8-4-2-5-9-6-3-7-10(11(8)9)15(12,13)14/h2-7H,1H3,(H,12,13,14). The van der Waals surface area contributed by atoms with Crippen LogP contribution in [0.2, 0.25) is 0 Å². The zero-order valence-corrected chi connectivity index (χ0v) is 8.95. The lowest BCUT2D eigenvalue weighted by Gasteiger charge is -2.06. The Labute approximate surface area is 88.1 Å². The van der Waals surface area contributed by atoms with Crippen LogP contribution in [0.4, 0.5) is 0 Å². The van der Waals surface area contributed by atoms with Gasteiger partial charge in [0.25, 0.3) is 10.1 Å². The van der Waals surface area contributed by atoms with E-state index in [1.54, 1.807) is 6.07 Å². The molecule has 2 rings (SSSR count). The van der Waals surface area contributed by atoms with E-state index in [2.05, 4.69) is 0 Å². The summed E-state index contributed by atoms with van der Waals surface area (Å²) in [6.07, 6.45) is 0. The molecule has 0 unspecified atom stereocenters. The fourth-order valence-electron chi connectivity index (χ4n) is 1.70. The topological polar surface area (TPSA) is 54.4 Å². The van der Waals surface area contributed by atoms with Crippen LogP contribution in [0.5, 0.6) is 0 Å². The summed E-state index contributed by atoms with van der Waals surface area (Å²) in [7, 11) is -4.15. The first-order chi connectivity index (χ1) is 7.00. The lowest BCUT2D eigenvalue weighted by molar-refractivity contribution is 0.484. The summed E-state index contributed by atoms with van der Waals surface area (Å²) >= 11 is 0. The van der Waals surface area contributed by atoms with Crippen molar-refractivity contribution in [1.29, 1.82) is 0 Å². The van der Waals surface area contributed by atoms with E-state index in [4.69, 9.17) is 4.55 Å². The molecule has 2 aromatic rings. The third-order valence-electron chi connectivity index (χ3n) is 2.35. The van der Waals surface area contributed by atoms with Crippen molar-refractivity contribution < 1.29 is 13.0 Å². The van der Waals surface area contributed by atoms with Gasteiger partial charge in [-0.3, -0.25) is 4.55 Å². The molecule has 0 saturated carbocycles. The molecule has 0 aliphatic heterocycles. The number of hydrogen-bond acceptors (Lipinski definition) is 2. The van der Waals surface area contributed by atoms with E-state index in [0.29, 0.717) is 5.39 Å². The van der Waals surface area contributed by atoms with Crippen LogP contribution in [0.3, 0.4) is 0 Å². The van der Waals surface area contributed by atoms with Crippen LogP contribution in [0.1, 0.15) is 5.56 Å². The molecule has 0 heterocycles. The Morgan fingerprint density at radius 1 is 1.07 bits per heavy atom. The minimum absolute atomic E-state index is 0.0295. The summed E-state index contributed by atoms with van der Waals surface area (Å²) in [5.41, 5.74) is 0.834. The second kappa shape index (κ2) is 3.32. The Balaban J connectivity index is 2.99. The summed E-state index contributed by atoms with van der Waals surface area (Å²) in [5, 5.41) is 1.40. The molecule has 0 aliphatic carbocycles. The molecule has 78 valence electrons. The zero-order valence-electron chi connectivity index (χ0n) is 8.14. The molecule has 2 aromatic carbocycles. The van der Waals surface area contributed by atoms with Gasteiger partial charge in [-0.15, -0.1) is 0 Å². The van der Waals surface area contributed by atoms with Crippen LogP contribution >= 0.6 is 0 Å². The lowest BCUT2D eigenvalue weighted by atomic mass is 10.1. The Morgan fingerprint density at radius 3 is 2.27 bits per heavy atom. The van der Waals surface area contributed by atoms with Crippen LogP contribution in [-0.2, 0) is 10.1 Å². The van der Waals surface area contributed by atoms with Crippen molar-refractivity contribution >= 4 is 20.9 Å². The molecule has 0 atom stereocenters. The van der Waals surface area contributed by atoms with Crippen LogP contribution in [0, 0.1) is 6.92 Å². The van der Waals surface area contributed by atoms with Gasteiger partial charge in [0, 0.05) is 5.39 Å². The first-order valence-corrected chi connectivity index (χ1v) is 5.90. The monoisotopic (exact) mass is 222 g/mol. The second-order valence-corrected chi connectivity index (χ2v) is 4.79. The average Bonchev–Trinajstić information content (AvgIpc) is 2.16. The first-order valence-electron chi connectivity index (χ1n) is 4.46. The summed E-state index contributed by atoms with van der Waals surface area (Å²) in [6, 6.07) is 10.3. The highest BCUT2D eigenvalue weighted by Crippen LogP contribution is 2.25. The molecule has 0 amide bonds. The molecule has 0 aromatic heterocycles. The molecular formula is C11H10O3S. The molecule has 1 N–H and O–H groups in total. The van der Waals surface area contributed by atoms with Crippen molar-refractivity contribution in [2.45, 2.75) is 11.8 Å². The molecule has 15 heavy (non-hydrogen) atoms. The lowest BCUT2D eigenvalue weighted by Crippen LogP contribution is -1.99. The predicted octanol–water partition coefficient (Wildman–Crippen LogP) is 2.39. The minimum Gasteiger partial charge on any atom is -0.282 e. The quantitative estimate of drug-likeness (QED) is 0.754. The van der Waals surface area contributed by atoms with E-state index in [9.17, 15) is 8.42 Å². The Bertz CT molecular complexity index is 610. The summed E-state index contributed by atoms with van der Waals surface area (Å²) in [4.78, 5) is -0.0295. The van der Waals surface area contributed by atoms with E-state index in [-0.39, 0.29) is 4.90 Å². The van der Waals surface area contributed by atoms with Crippen LogP contribution in [0.15, 0.2) is 41.3 Å². The van der Waals surface area contributed by atoms with Gasteiger partial charge in [0.15, 0.2) is 0 Å². The summed E-state index contributed by atoms with van der Waals surface area (Å²) in [5.74, 6) is 0. The van der Waals surface area contributed by atoms with Crippen molar-refractivity contribution in [3.05, 3.63) is 42.0 Å². The Hall–Kier alpha value is -1.39. The SMILES string of the molecule is Cc1cccc2cccc(S(=O)(=O)O)c12. The predicted molar refractivity (Wildman–Crippen MR) is 58.5 cm³/mol. The van der Waals surface area contributed by atoms with Crippen LogP contribution in [0.25, 0.3) is 10.8 Å². The van der Waals surface area contributed by atoms with E-state index in [1.807, 2.05) is 31.2 Å². The second-order valence-electron chi connectivity index (χ2n) is 3.40. The van der Waals surface area contributed by atoms with E-state index in [0.717, 1.165) is 10.9 Å². The maximum atomic E-state index is 11.2. The summed E-state index contributed by atoms with van der Waals surface area (Å²) < 4.78 is 31.4. The molecule has 0 bridgehead atoms. The highest BCUT2D eigenvalue weighted by Gasteiger charge is 2.14. The van der Waals surface area contributed by atoms with E-state index >= 15 is 0 Å². The van der Waals surface area contributed by atoms with Crippen LogP contribution < -0.4 is 0 Å². The van der Waals surface area contributed by atoms with Gasteiger partial charge in [0.2, 0.25) is 0 Å². The van der Waals surface area contributed by atoms with Gasteiger partial charge in [0.1, 0.15) is 4.90 Å². The highest BCUT2D eigenvalue weighted by atomic mass is 32.2. The van der Waals surface area contributed by atoms with Gasteiger partial charge >= 0.3 is 0 Å². The largest absolute Gasteiger partial charge is 0.295 e. The average molecular weight is 222 g/mol. The third kappa shape index (κ3) is 1.73. The van der Waals surface area contributed by atoms with E-state index in [1.165, 1.54) is 6.07 Å². The molecule has 0 fully saturated rings. The third-order valence-corrected chi connectivity index (χ3v) is 3.25. The maximum absolute atomic E-state index is 11.2. The van der Waals surface area contributed by atoms with Crippen molar-refractivity contribution in [2.75, 3.05) is 0 Å². The Morgan fingerprint density at radius 2 is 1.67 bits per heavy atom. The molecular weight excluding hydrogens is 212 g/mol. The van der Waals surface area contributed by atoms with Gasteiger partial charge in [-0.25, -0.2) is 0 Å². The molecule has 3 nitrogen and oxygen atoms in total. The number of hydrogen-bond donors (Lipinski definition) is 1. The first kappa shape index (κ1) is 10.1. The van der Waals surface area contributed by atoms with Crippen molar-refractivity contribution in [1.82, 2.24) is 0 Å². The van der Waals surface area contributed by atoms with Crippen molar-refractivity contribution in [3.63, 3.8) is 0 Å². The highest BCUT2D eigenvalue weighted by molar-refractivity contribution is 7.86. The molecule has 4 heteroatoms. The Kier molecular flexibility index (Phi) is 2.25. The molecule has 0 saturated heterocycles. The fraction of sp³-hybridized carbons (Fsp3) is 0.0909. The van der Waals surface area contributed by atoms with Gasteiger partial charge in [-0.2, -0.15) is 8.42 Å². The molecule has 0 radical (unpaired) electrons. The minimum atomic E-state index is -4.15. The van der Waals surface area contributed by atoms with Gasteiger partial charge in [-0.1, -0.05) is 30.3 Å².